The zero-order valence-corrected chi connectivity index (χ0v) is 20.6. The molecule has 1 aliphatic rings. The van der Waals surface area contributed by atoms with Crippen molar-refractivity contribution in [2.75, 3.05) is 38.5 Å². The first-order valence-corrected chi connectivity index (χ1v) is 12.5. The summed E-state index contributed by atoms with van der Waals surface area (Å²) in [5.41, 5.74) is 1.41. The summed E-state index contributed by atoms with van der Waals surface area (Å²) in [6.45, 7) is 6.48. The number of hydrogen-bond donors (Lipinski definition) is 2. The molecule has 1 aliphatic heterocycles. The van der Waals surface area contributed by atoms with Crippen molar-refractivity contribution in [3.63, 3.8) is 0 Å². The van der Waals surface area contributed by atoms with Crippen LogP contribution in [0, 0.1) is 12.8 Å². The smallest absolute Gasteiger partial charge is 0.262 e. The van der Waals surface area contributed by atoms with E-state index >= 15 is 0 Å². The van der Waals surface area contributed by atoms with Gasteiger partial charge in [0.1, 0.15) is 6.10 Å². The monoisotopic (exact) mass is 475 g/mol. The number of rotatable bonds is 7. The molecule has 9 heteroatoms. The summed E-state index contributed by atoms with van der Waals surface area (Å²) in [6, 6.07) is 11.0. The number of anilines is 1. The van der Waals surface area contributed by atoms with Crippen LogP contribution in [0.25, 0.3) is 0 Å². The Morgan fingerprint density at radius 1 is 1.21 bits per heavy atom. The summed E-state index contributed by atoms with van der Waals surface area (Å²) in [5.74, 6) is -0.162. The number of aliphatic hydroxyl groups excluding tert-OH is 1. The quantitative estimate of drug-likeness (QED) is 0.639. The number of aliphatic hydroxyl groups is 1. The van der Waals surface area contributed by atoms with Crippen molar-refractivity contribution in [2.24, 2.45) is 5.92 Å². The molecule has 0 radical (unpaired) electrons. The number of fused-ring (bicyclic) bond motifs is 1. The Hall–Kier alpha value is -2.62. The molecule has 1 heterocycles. The van der Waals surface area contributed by atoms with E-state index in [0.717, 1.165) is 5.56 Å². The Balaban J connectivity index is 2.09. The average molecular weight is 476 g/mol. The third-order valence-electron chi connectivity index (χ3n) is 5.81. The fourth-order valence-electron chi connectivity index (χ4n) is 3.82. The molecule has 0 fully saturated rings. The Bertz CT molecular complexity index is 1090. The maximum Gasteiger partial charge on any atom is 0.262 e. The fourth-order valence-corrected chi connectivity index (χ4v) is 4.89. The van der Waals surface area contributed by atoms with Crippen LogP contribution < -0.4 is 9.46 Å². The number of aryl methyl sites for hydroxylation is 1. The van der Waals surface area contributed by atoms with Crippen LogP contribution in [0.3, 0.4) is 0 Å². The van der Waals surface area contributed by atoms with E-state index in [-0.39, 0.29) is 52.5 Å². The first kappa shape index (κ1) is 25.0. The van der Waals surface area contributed by atoms with E-state index in [0.29, 0.717) is 13.1 Å². The number of amides is 1. The number of carbonyl (C=O) groups is 1. The molecule has 0 spiro atoms. The van der Waals surface area contributed by atoms with Crippen LogP contribution in [0.1, 0.15) is 29.8 Å². The summed E-state index contributed by atoms with van der Waals surface area (Å²) in [4.78, 5) is 17.2. The highest BCUT2D eigenvalue weighted by Gasteiger charge is 2.34. The second kappa shape index (κ2) is 10.1. The van der Waals surface area contributed by atoms with Gasteiger partial charge in [0.05, 0.1) is 28.8 Å². The largest absolute Gasteiger partial charge is 0.486 e. The SMILES string of the molecule is Cc1ccc(S(=O)(=O)Nc2cccc3c2O[C@@H](CN(C)C)[C@@H](C)CN([C@H](C)CO)C3=O)cc1. The highest BCUT2D eigenvalue weighted by Crippen LogP contribution is 2.36. The Kier molecular flexibility index (Phi) is 7.66. The Morgan fingerprint density at radius 2 is 1.88 bits per heavy atom. The second-order valence-corrected chi connectivity index (χ2v) is 10.7. The van der Waals surface area contributed by atoms with E-state index in [9.17, 15) is 18.3 Å². The zero-order valence-electron chi connectivity index (χ0n) is 19.8. The van der Waals surface area contributed by atoms with Crippen molar-refractivity contribution < 1.29 is 23.1 Å². The normalized spacial score (nSPS) is 20.0. The summed E-state index contributed by atoms with van der Waals surface area (Å²) in [5, 5.41) is 9.74. The highest BCUT2D eigenvalue weighted by molar-refractivity contribution is 7.92. The van der Waals surface area contributed by atoms with Gasteiger partial charge in [-0.05, 0) is 52.2 Å². The fraction of sp³-hybridized carbons (Fsp3) is 0.458. The molecule has 0 aromatic heterocycles. The molecule has 0 unspecified atom stereocenters. The van der Waals surface area contributed by atoms with E-state index in [4.69, 9.17) is 4.74 Å². The summed E-state index contributed by atoms with van der Waals surface area (Å²) >= 11 is 0. The van der Waals surface area contributed by atoms with E-state index in [2.05, 4.69) is 4.72 Å². The van der Waals surface area contributed by atoms with Crippen LogP contribution in [0.5, 0.6) is 5.75 Å². The van der Waals surface area contributed by atoms with E-state index in [1.54, 1.807) is 42.2 Å². The number of likely N-dealkylation sites (N-methyl/N-ethyl adjacent to an activating group) is 1. The van der Waals surface area contributed by atoms with Gasteiger partial charge >= 0.3 is 0 Å². The number of benzene rings is 2. The van der Waals surface area contributed by atoms with Crippen molar-refractivity contribution >= 4 is 21.6 Å². The average Bonchev–Trinajstić information content (AvgIpc) is 2.76. The molecule has 2 aromatic carbocycles. The lowest BCUT2D eigenvalue weighted by Crippen LogP contribution is -2.49. The van der Waals surface area contributed by atoms with Crippen molar-refractivity contribution in [2.45, 2.75) is 37.8 Å². The van der Waals surface area contributed by atoms with Gasteiger partial charge in [-0.2, -0.15) is 0 Å². The lowest BCUT2D eigenvalue weighted by Gasteiger charge is -2.38. The molecular formula is C24H33N3O5S. The molecule has 0 saturated heterocycles. The molecule has 3 atom stereocenters. The van der Waals surface area contributed by atoms with E-state index in [1.165, 1.54) is 12.1 Å². The van der Waals surface area contributed by atoms with Crippen LogP contribution >= 0.6 is 0 Å². The second-order valence-electron chi connectivity index (χ2n) is 8.99. The molecule has 1 amide bonds. The first-order chi connectivity index (χ1) is 15.5. The maximum absolute atomic E-state index is 13.4. The molecule has 8 nitrogen and oxygen atoms in total. The Labute approximate surface area is 196 Å². The van der Waals surface area contributed by atoms with Gasteiger partial charge in [0.2, 0.25) is 0 Å². The number of nitrogens with zero attached hydrogens (tertiary/aromatic N) is 2. The van der Waals surface area contributed by atoms with Gasteiger partial charge in [-0.25, -0.2) is 8.42 Å². The minimum atomic E-state index is -3.90. The summed E-state index contributed by atoms with van der Waals surface area (Å²) < 4.78 is 35.1. The van der Waals surface area contributed by atoms with Crippen molar-refractivity contribution in [1.29, 1.82) is 0 Å². The van der Waals surface area contributed by atoms with Gasteiger partial charge in [-0.1, -0.05) is 30.7 Å². The topological polar surface area (TPSA) is 99.2 Å². The van der Waals surface area contributed by atoms with Gasteiger partial charge in [-0.15, -0.1) is 0 Å². The molecular weight excluding hydrogens is 442 g/mol. The Morgan fingerprint density at radius 3 is 2.48 bits per heavy atom. The molecule has 2 aromatic rings. The van der Waals surface area contributed by atoms with Crippen LogP contribution in [0.2, 0.25) is 0 Å². The van der Waals surface area contributed by atoms with Crippen molar-refractivity contribution in [3.05, 3.63) is 53.6 Å². The van der Waals surface area contributed by atoms with Crippen molar-refractivity contribution in [1.82, 2.24) is 9.80 Å². The number of nitrogens with one attached hydrogen (secondary N) is 1. The van der Waals surface area contributed by atoms with Gasteiger partial charge in [0.25, 0.3) is 15.9 Å². The minimum absolute atomic E-state index is 0.0553. The number of hydrogen-bond acceptors (Lipinski definition) is 6. The predicted molar refractivity (Wildman–Crippen MR) is 128 cm³/mol. The number of carbonyl (C=O) groups excluding carboxylic acids is 1. The minimum Gasteiger partial charge on any atom is -0.486 e. The van der Waals surface area contributed by atoms with Crippen LogP contribution in [-0.4, -0.2) is 75.2 Å². The van der Waals surface area contributed by atoms with Crippen LogP contribution in [0.4, 0.5) is 5.69 Å². The lowest BCUT2D eigenvalue weighted by atomic mass is 9.99. The first-order valence-electron chi connectivity index (χ1n) is 11.0. The van der Waals surface area contributed by atoms with Crippen molar-refractivity contribution in [3.8, 4) is 5.75 Å². The van der Waals surface area contributed by atoms with Gasteiger partial charge in [-0.3, -0.25) is 9.52 Å². The molecule has 180 valence electrons. The van der Waals surface area contributed by atoms with Crippen LogP contribution in [0.15, 0.2) is 47.4 Å². The molecule has 3 rings (SSSR count). The molecule has 0 saturated carbocycles. The third kappa shape index (κ3) is 5.66. The van der Waals surface area contributed by atoms with Gasteiger partial charge < -0.3 is 19.6 Å². The molecule has 2 N–H and O–H groups in total. The number of ether oxygens (including phenoxy) is 1. The number of sulfonamides is 1. The summed E-state index contributed by atoms with van der Waals surface area (Å²) in [6.07, 6.45) is -0.301. The predicted octanol–water partition coefficient (Wildman–Crippen LogP) is 2.58. The standard InChI is InChI=1S/C24H33N3O5S/c1-16-9-11-19(12-10-16)33(30,31)25-21-8-6-7-20-23(21)32-22(14-26(4)5)17(2)13-27(24(20)29)18(3)15-28/h6-12,17-18,22,25,28H,13-15H2,1-5H3/t17-,18+,22-/m0/s1. The lowest BCUT2D eigenvalue weighted by molar-refractivity contribution is 0.0366. The van der Waals surface area contributed by atoms with E-state index in [1.807, 2.05) is 32.8 Å². The highest BCUT2D eigenvalue weighted by atomic mass is 32.2. The van der Waals surface area contributed by atoms with Gasteiger partial charge in [0.15, 0.2) is 5.75 Å². The van der Waals surface area contributed by atoms with Crippen LogP contribution in [-0.2, 0) is 10.0 Å². The third-order valence-corrected chi connectivity index (χ3v) is 7.19. The maximum atomic E-state index is 13.4. The van der Waals surface area contributed by atoms with E-state index < -0.39 is 10.0 Å². The number of para-hydroxylation sites is 1. The summed E-state index contributed by atoms with van der Waals surface area (Å²) in [7, 11) is -0.0328. The molecule has 33 heavy (non-hydrogen) atoms. The molecule has 0 bridgehead atoms. The zero-order chi connectivity index (χ0) is 24.3. The molecule has 0 aliphatic carbocycles. The van der Waals surface area contributed by atoms with Gasteiger partial charge in [0, 0.05) is 19.0 Å².